The minimum atomic E-state index is -3.96. The van der Waals surface area contributed by atoms with E-state index >= 15 is 0 Å². The third-order valence-electron chi connectivity index (χ3n) is 3.30. The molecule has 3 aromatic rings. The fraction of sp³-hybridized carbons (Fsp3) is 0.133. The predicted octanol–water partition coefficient (Wildman–Crippen LogP) is 3.39. The summed E-state index contributed by atoms with van der Waals surface area (Å²) in [7, 11) is -3.96. The lowest BCUT2D eigenvalue weighted by Gasteiger charge is -2.10. The number of anilines is 1. The van der Waals surface area contributed by atoms with E-state index in [9.17, 15) is 8.42 Å². The maximum absolute atomic E-state index is 12.6. The van der Waals surface area contributed by atoms with Gasteiger partial charge in [-0.25, -0.2) is 23.1 Å². The van der Waals surface area contributed by atoms with E-state index in [4.69, 9.17) is 23.2 Å². The first-order chi connectivity index (χ1) is 11.8. The van der Waals surface area contributed by atoms with Crippen LogP contribution in [0.5, 0.6) is 0 Å². The zero-order valence-electron chi connectivity index (χ0n) is 13.2. The highest BCUT2D eigenvalue weighted by molar-refractivity contribution is 7.92. The lowest BCUT2D eigenvalue weighted by atomic mass is 10.4. The van der Waals surface area contributed by atoms with E-state index in [1.165, 1.54) is 30.6 Å². The Morgan fingerprint density at radius 3 is 2.52 bits per heavy atom. The van der Waals surface area contributed by atoms with Crippen molar-refractivity contribution in [2.24, 2.45) is 0 Å². The molecule has 0 fully saturated rings. The van der Waals surface area contributed by atoms with Gasteiger partial charge in [0.1, 0.15) is 17.0 Å². The van der Waals surface area contributed by atoms with Crippen molar-refractivity contribution >= 4 is 39.0 Å². The normalized spacial score (nSPS) is 11.5. The molecule has 1 N–H and O–H groups in total. The Morgan fingerprint density at radius 2 is 1.84 bits per heavy atom. The molecule has 0 saturated heterocycles. The lowest BCUT2D eigenvalue weighted by molar-refractivity contribution is 0.601. The molecule has 0 radical (unpaired) electrons. The van der Waals surface area contributed by atoms with Crippen molar-refractivity contribution in [2.75, 3.05) is 4.72 Å². The first-order valence-electron chi connectivity index (χ1n) is 7.10. The van der Waals surface area contributed by atoms with Crippen LogP contribution in [0.15, 0.2) is 41.6 Å². The summed E-state index contributed by atoms with van der Waals surface area (Å²) in [5.41, 5.74) is 1.69. The topological polar surface area (TPSA) is 89.8 Å². The fourth-order valence-electron chi connectivity index (χ4n) is 2.26. The van der Waals surface area contributed by atoms with Crippen LogP contribution < -0.4 is 4.72 Å². The Balaban J connectivity index is 1.97. The summed E-state index contributed by atoms with van der Waals surface area (Å²) >= 11 is 11.8. The van der Waals surface area contributed by atoms with E-state index in [0.717, 1.165) is 11.4 Å². The van der Waals surface area contributed by atoms with E-state index in [1.807, 2.05) is 19.9 Å². The average Bonchev–Trinajstić information content (AvgIpc) is 2.88. The molecule has 2 heterocycles. The number of rotatable bonds is 4. The number of nitrogens with one attached hydrogen (secondary N) is 1. The molecule has 130 valence electrons. The van der Waals surface area contributed by atoms with E-state index in [-0.39, 0.29) is 20.8 Å². The molecular weight excluding hydrogens is 385 g/mol. The average molecular weight is 398 g/mol. The standard InChI is InChI=1S/C15H13Cl2N5O2S/c1-9-5-10(2)22(20-9)15-7-14(18-8-19-15)21-25(23,24)13-6-11(16)3-4-12(13)17/h3-8H,1-2H3,(H,18,19,21). The minimum Gasteiger partial charge on any atom is -0.263 e. The maximum atomic E-state index is 12.6. The van der Waals surface area contributed by atoms with Crippen molar-refractivity contribution in [1.29, 1.82) is 0 Å². The first kappa shape index (κ1) is 17.7. The monoisotopic (exact) mass is 397 g/mol. The molecule has 0 aliphatic heterocycles. The predicted molar refractivity (Wildman–Crippen MR) is 95.9 cm³/mol. The van der Waals surface area contributed by atoms with Gasteiger partial charge in [0.25, 0.3) is 10.0 Å². The highest BCUT2D eigenvalue weighted by atomic mass is 35.5. The van der Waals surface area contributed by atoms with Gasteiger partial charge in [0, 0.05) is 16.8 Å². The quantitative estimate of drug-likeness (QED) is 0.728. The smallest absolute Gasteiger partial charge is 0.263 e. The van der Waals surface area contributed by atoms with E-state index < -0.39 is 10.0 Å². The van der Waals surface area contributed by atoms with Crippen molar-refractivity contribution in [2.45, 2.75) is 18.7 Å². The van der Waals surface area contributed by atoms with E-state index in [2.05, 4.69) is 19.8 Å². The van der Waals surface area contributed by atoms with Gasteiger partial charge in [-0.05, 0) is 38.1 Å². The Labute approximate surface area is 154 Å². The van der Waals surface area contributed by atoms with Gasteiger partial charge in [0.05, 0.1) is 10.7 Å². The number of hydrogen-bond acceptors (Lipinski definition) is 5. The van der Waals surface area contributed by atoms with Gasteiger partial charge in [-0.15, -0.1) is 0 Å². The van der Waals surface area contributed by atoms with Crippen LogP contribution in [-0.2, 0) is 10.0 Å². The second-order valence-corrected chi connectivity index (χ2v) is 7.78. The van der Waals surface area contributed by atoms with Crippen LogP contribution in [0, 0.1) is 13.8 Å². The Morgan fingerprint density at radius 1 is 1.08 bits per heavy atom. The number of halogens is 2. The van der Waals surface area contributed by atoms with Crippen molar-refractivity contribution < 1.29 is 8.42 Å². The van der Waals surface area contributed by atoms with Crippen LogP contribution in [0.2, 0.25) is 10.0 Å². The van der Waals surface area contributed by atoms with Crippen LogP contribution in [0.3, 0.4) is 0 Å². The number of aromatic nitrogens is 4. The van der Waals surface area contributed by atoms with Crippen LogP contribution in [0.4, 0.5) is 5.82 Å². The fourth-order valence-corrected chi connectivity index (χ4v) is 4.02. The number of hydrogen-bond donors (Lipinski definition) is 1. The second kappa shape index (κ2) is 6.62. The van der Waals surface area contributed by atoms with Crippen molar-refractivity contribution in [3.8, 4) is 5.82 Å². The molecule has 25 heavy (non-hydrogen) atoms. The Hall–Kier alpha value is -2.16. The number of aryl methyl sites for hydroxylation is 2. The first-order valence-corrected chi connectivity index (χ1v) is 9.34. The third kappa shape index (κ3) is 3.76. The summed E-state index contributed by atoms with van der Waals surface area (Å²) in [4.78, 5) is 7.94. The van der Waals surface area contributed by atoms with Crippen molar-refractivity contribution in [3.05, 3.63) is 58.1 Å². The van der Waals surface area contributed by atoms with Crippen molar-refractivity contribution in [3.63, 3.8) is 0 Å². The highest BCUT2D eigenvalue weighted by Gasteiger charge is 2.20. The Bertz CT molecular complexity index is 1050. The summed E-state index contributed by atoms with van der Waals surface area (Å²) in [6.45, 7) is 3.73. The summed E-state index contributed by atoms with van der Waals surface area (Å²) < 4.78 is 29.1. The molecule has 0 amide bonds. The molecule has 0 saturated carbocycles. The van der Waals surface area contributed by atoms with Crippen LogP contribution >= 0.6 is 23.2 Å². The second-order valence-electron chi connectivity index (χ2n) is 5.28. The molecule has 10 heteroatoms. The summed E-state index contributed by atoms with van der Waals surface area (Å²) in [6, 6.07) is 7.57. The summed E-state index contributed by atoms with van der Waals surface area (Å²) in [5, 5.41) is 4.63. The van der Waals surface area contributed by atoms with Crippen molar-refractivity contribution in [1.82, 2.24) is 19.7 Å². The number of sulfonamides is 1. The van der Waals surface area contributed by atoms with E-state index in [1.54, 1.807) is 4.68 Å². The zero-order valence-corrected chi connectivity index (χ0v) is 15.6. The highest BCUT2D eigenvalue weighted by Crippen LogP contribution is 2.26. The van der Waals surface area contributed by atoms with Crippen LogP contribution in [0.25, 0.3) is 5.82 Å². The molecule has 0 aliphatic carbocycles. The summed E-state index contributed by atoms with van der Waals surface area (Å²) in [6.07, 6.45) is 1.25. The Kier molecular flexibility index (Phi) is 4.68. The zero-order chi connectivity index (χ0) is 18.2. The van der Waals surface area contributed by atoms with Gasteiger partial charge in [-0.2, -0.15) is 5.10 Å². The van der Waals surface area contributed by atoms with Crippen LogP contribution in [-0.4, -0.2) is 28.2 Å². The lowest BCUT2D eigenvalue weighted by Crippen LogP contribution is -2.15. The van der Waals surface area contributed by atoms with Gasteiger partial charge in [0.2, 0.25) is 0 Å². The SMILES string of the molecule is Cc1cc(C)n(-c2cc(NS(=O)(=O)c3cc(Cl)ccc3Cl)ncn2)n1. The number of nitrogens with zero attached hydrogens (tertiary/aromatic N) is 4. The largest absolute Gasteiger partial charge is 0.264 e. The summed E-state index contributed by atoms with van der Waals surface area (Å²) in [5.74, 6) is 0.532. The molecule has 7 nitrogen and oxygen atoms in total. The minimum absolute atomic E-state index is 0.0599. The molecule has 0 aliphatic rings. The molecule has 3 rings (SSSR count). The molecular formula is C15H13Cl2N5O2S. The molecule has 2 aromatic heterocycles. The molecule has 1 aromatic carbocycles. The van der Waals surface area contributed by atoms with Gasteiger partial charge in [-0.3, -0.25) is 4.72 Å². The molecule has 0 atom stereocenters. The molecule has 0 spiro atoms. The van der Waals surface area contributed by atoms with Gasteiger partial charge in [-0.1, -0.05) is 23.2 Å². The van der Waals surface area contributed by atoms with Crippen LogP contribution in [0.1, 0.15) is 11.4 Å². The van der Waals surface area contributed by atoms with E-state index in [0.29, 0.717) is 5.82 Å². The molecule has 0 bridgehead atoms. The third-order valence-corrected chi connectivity index (χ3v) is 5.37. The molecule has 0 unspecified atom stereocenters. The van der Waals surface area contributed by atoms with Gasteiger partial charge >= 0.3 is 0 Å². The number of benzene rings is 1. The maximum Gasteiger partial charge on any atom is 0.264 e. The van der Waals surface area contributed by atoms with Gasteiger partial charge < -0.3 is 0 Å². The van der Waals surface area contributed by atoms with Gasteiger partial charge in [0.15, 0.2) is 5.82 Å².